The van der Waals surface area contributed by atoms with Gasteiger partial charge in [-0.2, -0.15) is 0 Å². The molecule has 0 spiro atoms. The molecule has 1 aliphatic rings. The largest absolute Gasteiger partial charge is 0.388 e. The molecule has 3 heteroatoms. The van der Waals surface area contributed by atoms with E-state index in [2.05, 4.69) is 11.8 Å². The van der Waals surface area contributed by atoms with Gasteiger partial charge in [-0.05, 0) is 62.4 Å². The molecule has 0 amide bonds. The van der Waals surface area contributed by atoms with Crippen molar-refractivity contribution in [3.8, 4) is 0 Å². The summed E-state index contributed by atoms with van der Waals surface area (Å²) in [6, 6.07) is 6.16. The van der Waals surface area contributed by atoms with Crippen molar-refractivity contribution in [3.05, 3.63) is 35.6 Å². The highest BCUT2D eigenvalue weighted by Crippen LogP contribution is 2.20. The molecule has 19 heavy (non-hydrogen) atoms. The van der Waals surface area contributed by atoms with Gasteiger partial charge in [-0.1, -0.05) is 19.1 Å². The van der Waals surface area contributed by atoms with Gasteiger partial charge < -0.3 is 10.0 Å². The second-order valence-electron chi connectivity index (χ2n) is 5.73. The van der Waals surface area contributed by atoms with Crippen molar-refractivity contribution >= 4 is 0 Å². The van der Waals surface area contributed by atoms with Gasteiger partial charge in [0.05, 0.1) is 6.10 Å². The molecule has 1 saturated heterocycles. The van der Waals surface area contributed by atoms with Crippen molar-refractivity contribution in [2.24, 2.45) is 5.92 Å². The fourth-order valence-electron chi connectivity index (χ4n) is 2.70. The van der Waals surface area contributed by atoms with E-state index in [4.69, 9.17) is 0 Å². The van der Waals surface area contributed by atoms with Crippen LogP contribution in [0, 0.1) is 11.7 Å². The zero-order valence-electron chi connectivity index (χ0n) is 11.7. The molecule has 1 aromatic rings. The predicted octanol–water partition coefficient (Wildman–Crippen LogP) is 3.37. The molecule has 2 atom stereocenters. The van der Waals surface area contributed by atoms with E-state index in [1.807, 2.05) is 0 Å². The topological polar surface area (TPSA) is 23.5 Å². The Bertz CT molecular complexity index is 379. The molecule has 1 aromatic carbocycles. The second-order valence-corrected chi connectivity index (χ2v) is 5.73. The van der Waals surface area contributed by atoms with Gasteiger partial charge >= 0.3 is 0 Å². The number of likely N-dealkylation sites (tertiary alicyclic amines) is 1. The predicted molar refractivity (Wildman–Crippen MR) is 75.4 cm³/mol. The van der Waals surface area contributed by atoms with E-state index in [0.29, 0.717) is 0 Å². The molecule has 2 unspecified atom stereocenters. The van der Waals surface area contributed by atoms with Gasteiger partial charge in [0.1, 0.15) is 5.82 Å². The Balaban J connectivity index is 1.79. The average molecular weight is 265 g/mol. The number of rotatable bonds is 4. The second kappa shape index (κ2) is 7.01. The molecule has 0 radical (unpaired) electrons. The highest BCUT2D eigenvalue weighted by atomic mass is 19.1. The summed E-state index contributed by atoms with van der Waals surface area (Å²) in [5.74, 6) is 0.574. The third kappa shape index (κ3) is 4.59. The molecule has 0 aromatic heterocycles. The first-order valence-corrected chi connectivity index (χ1v) is 7.31. The first kappa shape index (κ1) is 14.5. The van der Waals surface area contributed by atoms with E-state index in [9.17, 15) is 9.50 Å². The van der Waals surface area contributed by atoms with Gasteiger partial charge in [-0.3, -0.25) is 0 Å². The van der Waals surface area contributed by atoms with E-state index in [-0.39, 0.29) is 5.82 Å². The van der Waals surface area contributed by atoms with Crippen molar-refractivity contribution in [2.75, 3.05) is 19.6 Å². The lowest BCUT2D eigenvalue weighted by Crippen LogP contribution is -2.27. The maximum absolute atomic E-state index is 12.8. The van der Waals surface area contributed by atoms with Crippen molar-refractivity contribution in [3.63, 3.8) is 0 Å². The lowest BCUT2D eigenvalue weighted by molar-refractivity contribution is 0.142. The Kier molecular flexibility index (Phi) is 5.34. The quantitative estimate of drug-likeness (QED) is 0.902. The molecule has 0 saturated carbocycles. The maximum Gasteiger partial charge on any atom is 0.123 e. The number of halogens is 1. The Morgan fingerprint density at radius 2 is 2.00 bits per heavy atom. The normalized spacial score (nSPS) is 23.0. The highest BCUT2D eigenvalue weighted by molar-refractivity contribution is 5.18. The number of nitrogens with zero attached hydrogens (tertiary/aromatic N) is 1. The minimum absolute atomic E-state index is 0.252. The zero-order valence-corrected chi connectivity index (χ0v) is 11.7. The van der Waals surface area contributed by atoms with E-state index in [1.54, 1.807) is 12.1 Å². The summed E-state index contributed by atoms with van der Waals surface area (Å²) in [7, 11) is 0. The third-order valence-corrected chi connectivity index (χ3v) is 4.08. The van der Waals surface area contributed by atoms with Crippen LogP contribution in [0.15, 0.2) is 24.3 Å². The molecular formula is C16H24FNO. The summed E-state index contributed by atoms with van der Waals surface area (Å²) in [4.78, 5) is 2.44. The Morgan fingerprint density at radius 3 is 2.74 bits per heavy atom. The third-order valence-electron chi connectivity index (χ3n) is 4.08. The summed E-state index contributed by atoms with van der Waals surface area (Å²) in [6.45, 7) is 5.51. The summed E-state index contributed by atoms with van der Waals surface area (Å²) < 4.78 is 12.8. The monoisotopic (exact) mass is 265 g/mol. The lowest BCUT2D eigenvalue weighted by atomic mass is 10.0. The minimum Gasteiger partial charge on any atom is -0.388 e. The molecule has 106 valence electrons. The van der Waals surface area contributed by atoms with Crippen LogP contribution in [-0.2, 0) is 0 Å². The first-order valence-electron chi connectivity index (χ1n) is 7.31. The number of aliphatic hydroxyl groups excluding tert-OH is 1. The van der Waals surface area contributed by atoms with Crippen molar-refractivity contribution in [1.82, 2.24) is 4.90 Å². The van der Waals surface area contributed by atoms with Crippen LogP contribution in [0.5, 0.6) is 0 Å². The van der Waals surface area contributed by atoms with Crippen LogP contribution in [0.4, 0.5) is 4.39 Å². The van der Waals surface area contributed by atoms with Gasteiger partial charge in [0.2, 0.25) is 0 Å². The van der Waals surface area contributed by atoms with Crippen LogP contribution >= 0.6 is 0 Å². The molecule has 0 bridgehead atoms. The fraction of sp³-hybridized carbons (Fsp3) is 0.625. The Labute approximate surface area is 115 Å². The summed E-state index contributed by atoms with van der Waals surface area (Å²) in [5.41, 5.74) is 0.810. The average Bonchev–Trinajstić information content (AvgIpc) is 2.61. The maximum atomic E-state index is 12.8. The molecule has 1 heterocycles. The van der Waals surface area contributed by atoms with Gasteiger partial charge in [0.25, 0.3) is 0 Å². The van der Waals surface area contributed by atoms with Gasteiger partial charge in [-0.25, -0.2) is 4.39 Å². The van der Waals surface area contributed by atoms with E-state index in [0.717, 1.165) is 37.5 Å². The minimum atomic E-state index is -0.485. The summed E-state index contributed by atoms with van der Waals surface area (Å²) in [5, 5.41) is 10.1. The smallest absolute Gasteiger partial charge is 0.123 e. The zero-order chi connectivity index (χ0) is 13.7. The van der Waals surface area contributed by atoms with E-state index < -0.39 is 6.10 Å². The van der Waals surface area contributed by atoms with Gasteiger partial charge in [-0.15, -0.1) is 0 Å². The molecule has 1 aliphatic heterocycles. The Hall–Kier alpha value is -0.930. The van der Waals surface area contributed by atoms with E-state index >= 15 is 0 Å². The van der Waals surface area contributed by atoms with Crippen molar-refractivity contribution in [1.29, 1.82) is 0 Å². The SMILES string of the molecule is CC1CCCN(CCC(O)c2ccc(F)cc2)CC1. The molecule has 2 rings (SSSR count). The van der Waals surface area contributed by atoms with Crippen molar-refractivity contribution < 1.29 is 9.50 Å². The molecule has 1 N–H and O–H groups in total. The van der Waals surface area contributed by atoms with Crippen LogP contribution in [0.25, 0.3) is 0 Å². The highest BCUT2D eigenvalue weighted by Gasteiger charge is 2.15. The number of hydrogen-bond donors (Lipinski definition) is 1. The molecule has 2 nitrogen and oxygen atoms in total. The van der Waals surface area contributed by atoms with Crippen LogP contribution in [-0.4, -0.2) is 29.6 Å². The van der Waals surface area contributed by atoms with Crippen LogP contribution in [0.1, 0.15) is 44.3 Å². The van der Waals surface area contributed by atoms with Crippen molar-refractivity contribution in [2.45, 2.75) is 38.7 Å². The molecule has 1 fully saturated rings. The number of hydrogen-bond acceptors (Lipinski definition) is 2. The number of benzene rings is 1. The molecule has 0 aliphatic carbocycles. The Morgan fingerprint density at radius 1 is 1.26 bits per heavy atom. The van der Waals surface area contributed by atoms with Gasteiger partial charge in [0, 0.05) is 6.54 Å². The standard InChI is InChI=1S/C16H24FNO/c1-13-3-2-10-18(11-8-13)12-9-16(19)14-4-6-15(17)7-5-14/h4-7,13,16,19H,2-3,8-12H2,1H3. The first-order chi connectivity index (χ1) is 9.15. The van der Waals surface area contributed by atoms with Crippen LogP contribution < -0.4 is 0 Å². The number of aliphatic hydroxyl groups is 1. The fourth-order valence-corrected chi connectivity index (χ4v) is 2.70. The van der Waals surface area contributed by atoms with Crippen LogP contribution in [0.2, 0.25) is 0 Å². The molecular weight excluding hydrogens is 241 g/mol. The summed E-state index contributed by atoms with van der Waals surface area (Å²) in [6.07, 6.45) is 4.07. The summed E-state index contributed by atoms with van der Waals surface area (Å²) >= 11 is 0. The van der Waals surface area contributed by atoms with E-state index in [1.165, 1.54) is 31.4 Å². The lowest BCUT2D eigenvalue weighted by Gasteiger charge is -2.21. The van der Waals surface area contributed by atoms with Gasteiger partial charge in [0.15, 0.2) is 0 Å². The van der Waals surface area contributed by atoms with Crippen LogP contribution in [0.3, 0.4) is 0 Å².